The van der Waals surface area contributed by atoms with Crippen LogP contribution in [0.25, 0.3) is 0 Å². The molecule has 0 saturated carbocycles. The Bertz CT molecular complexity index is 956. The summed E-state index contributed by atoms with van der Waals surface area (Å²) in [7, 11) is 0. The number of primary amides is 1. The second-order valence-corrected chi connectivity index (χ2v) is 8.26. The van der Waals surface area contributed by atoms with E-state index in [0.717, 1.165) is 23.8 Å². The van der Waals surface area contributed by atoms with E-state index in [-0.39, 0.29) is 36.0 Å². The largest absolute Gasteiger partial charge is 0.510 e. The topological polar surface area (TPSA) is 134 Å². The predicted octanol–water partition coefficient (Wildman–Crippen LogP) is 1.55. The number of amidine groups is 1. The fourth-order valence-electron chi connectivity index (χ4n) is 4.11. The van der Waals surface area contributed by atoms with Crippen LogP contribution in [0.5, 0.6) is 0 Å². The normalized spacial score (nSPS) is 24.1. The number of nitrogens with zero attached hydrogens (tertiary/aromatic N) is 3. The first kappa shape index (κ1) is 24.0. The molecule has 5 N–H and O–H groups in total. The monoisotopic (exact) mass is 467 g/mol. The van der Waals surface area contributed by atoms with Crippen molar-refractivity contribution in [3.05, 3.63) is 45.9 Å². The zero-order chi connectivity index (χ0) is 23.6. The van der Waals surface area contributed by atoms with E-state index in [1.54, 1.807) is 11.8 Å². The van der Waals surface area contributed by atoms with Crippen molar-refractivity contribution in [2.45, 2.75) is 45.1 Å². The van der Waals surface area contributed by atoms with E-state index in [0.29, 0.717) is 18.5 Å². The van der Waals surface area contributed by atoms with Crippen LogP contribution in [0.3, 0.4) is 0 Å². The number of piperidine rings is 1. The second-order valence-electron chi connectivity index (χ2n) is 7.86. The molecule has 11 heteroatoms. The third kappa shape index (κ3) is 4.72. The Hall–Kier alpha value is -2.69. The van der Waals surface area contributed by atoms with E-state index in [1.807, 2.05) is 0 Å². The number of benzene rings is 1. The molecule has 1 aromatic rings. The van der Waals surface area contributed by atoms with Gasteiger partial charge in [-0.3, -0.25) is 24.8 Å². The summed E-state index contributed by atoms with van der Waals surface area (Å²) in [6, 6.07) is 3.19. The maximum Gasteiger partial charge on any atom is 0.264 e. The van der Waals surface area contributed by atoms with Gasteiger partial charge < -0.3 is 20.8 Å². The van der Waals surface area contributed by atoms with Gasteiger partial charge >= 0.3 is 0 Å². The zero-order valence-corrected chi connectivity index (χ0v) is 18.5. The Morgan fingerprint density at radius 1 is 1.34 bits per heavy atom. The summed E-state index contributed by atoms with van der Waals surface area (Å²) in [6.07, 6.45) is 0.731. The van der Waals surface area contributed by atoms with Gasteiger partial charge in [-0.2, -0.15) is 0 Å². The van der Waals surface area contributed by atoms with E-state index < -0.39 is 35.9 Å². The molecule has 2 aliphatic rings. The lowest BCUT2D eigenvalue weighted by atomic mass is 10.0. The number of likely N-dealkylation sites (N-methyl/N-ethyl adjacent to an activating group) is 1. The summed E-state index contributed by atoms with van der Waals surface area (Å²) in [5.41, 5.74) is 5.65. The average molecular weight is 468 g/mol. The molecule has 2 unspecified atom stereocenters. The first-order chi connectivity index (χ1) is 15.1. The minimum absolute atomic E-state index is 0.0900. The standard InChI is InChI=1S/C21H27ClFN5O4/c1-2-27-20(31)17(16(29)11-26-8-4-3-5-15(26)19(25)30)18(24)28(21(27)32)10-12-6-7-13(23)9-14(12)22/h6-7,9,15,21,24,29,32H,2-5,8,10-11H2,1H3,(H2,25,30)/b17-16-,24-18?. The van der Waals surface area contributed by atoms with Crippen LogP contribution in [-0.2, 0) is 16.1 Å². The van der Waals surface area contributed by atoms with Crippen molar-refractivity contribution in [2.75, 3.05) is 19.6 Å². The molecular weight excluding hydrogens is 441 g/mol. The lowest BCUT2D eigenvalue weighted by Crippen LogP contribution is -2.59. The molecule has 0 radical (unpaired) electrons. The number of carbonyl (C=O) groups excluding carboxylic acids is 2. The van der Waals surface area contributed by atoms with E-state index >= 15 is 0 Å². The van der Waals surface area contributed by atoms with Gasteiger partial charge in [0.05, 0.1) is 19.1 Å². The Morgan fingerprint density at radius 2 is 2.06 bits per heavy atom. The number of halogens is 2. The van der Waals surface area contributed by atoms with Crippen LogP contribution in [-0.4, -0.2) is 74.6 Å². The van der Waals surface area contributed by atoms with E-state index in [4.69, 9.17) is 22.7 Å². The molecule has 0 spiro atoms. The summed E-state index contributed by atoms with van der Waals surface area (Å²) >= 11 is 6.11. The first-order valence-electron chi connectivity index (χ1n) is 10.4. The molecule has 2 atom stereocenters. The van der Waals surface area contributed by atoms with Crippen molar-refractivity contribution in [2.24, 2.45) is 5.73 Å². The number of aliphatic hydroxyl groups is 2. The summed E-state index contributed by atoms with van der Waals surface area (Å²) in [4.78, 5) is 28.8. The van der Waals surface area contributed by atoms with Gasteiger partial charge in [0, 0.05) is 11.6 Å². The highest BCUT2D eigenvalue weighted by atomic mass is 35.5. The lowest BCUT2D eigenvalue weighted by Gasteiger charge is -2.43. The van der Waals surface area contributed by atoms with Crippen LogP contribution in [0.2, 0.25) is 5.02 Å². The van der Waals surface area contributed by atoms with Gasteiger partial charge in [-0.25, -0.2) is 4.39 Å². The maximum absolute atomic E-state index is 13.4. The molecule has 0 aromatic heterocycles. The van der Waals surface area contributed by atoms with E-state index in [1.165, 1.54) is 17.0 Å². The Balaban J connectivity index is 1.93. The van der Waals surface area contributed by atoms with Crippen LogP contribution in [0, 0.1) is 11.2 Å². The summed E-state index contributed by atoms with van der Waals surface area (Å²) in [5.74, 6) is -2.50. The van der Waals surface area contributed by atoms with Gasteiger partial charge in [-0.15, -0.1) is 0 Å². The highest BCUT2D eigenvalue weighted by molar-refractivity contribution is 6.31. The van der Waals surface area contributed by atoms with Crippen LogP contribution in [0.15, 0.2) is 29.5 Å². The maximum atomic E-state index is 13.4. The molecule has 0 aliphatic carbocycles. The summed E-state index contributed by atoms with van der Waals surface area (Å²) in [6.45, 7) is 2.07. The van der Waals surface area contributed by atoms with Gasteiger partial charge in [0.25, 0.3) is 5.91 Å². The molecule has 32 heavy (non-hydrogen) atoms. The third-order valence-corrected chi connectivity index (χ3v) is 6.19. The molecule has 2 fully saturated rings. The van der Waals surface area contributed by atoms with Gasteiger partial charge in [0.15, 0.2) is 0 Å². The fourth-order valence-corrected chi connectivity index (χ4v) is 4.34. The summed E-state index contributed by atoms with van der Waals surface area (Å²) < 4.78 is 13.4. The van der Waals surface area contributed by atoms with Crippen molar-refractivity contribution in [1.29, 1.82) is 5.41 Å². The molecule has 1 aromatic carbocycles. The molecule has 0 bridgehead atoms. The number of nitrogens with one attached hydrogen (secondary N) is 1. The molecule has 174 valence electrons. The quantitative estimate of drug-likeness (QED) is 0.370. The molecular formula is C21H27ClFN5O4. The fraction of sp³-hybridized carbons (Fsp3) is 0.476. The van der Waals surface area contributed by atoms with Crippen LogP contribution in [0.4, 0.5) is 4.39 Å². The van der Waals surface area contributed by atoms with Crippen LogP contribution >= 0.6 is 11.6 Å². The summed E-state index contributed by atoms with van der Waals surface area (Å²) in [5, 5.41) is 30.2. The first-order valence-corrected chi connectivity index (χ1v) is 10.8. The number of likely N-dealkylation sites (tertiary alicyclic amines) is 1. The number of rotatable bonds is 6. The van der Waals surface area contributed by atoms with Gasteiger partial charge in [-0.05, 0) is 44.0 Å². The SMILES string of the molecule is CCN1C(=O)/C(=C(\O)CN2CCCCC2C(N)=O)C(=N)N(Cc2ccc(F)cc2Cl)C1O. The van der Waals surface area contributed by atoms with Crippen molar-refractivity contribution < 1.29 is 24.2 Å². The van der Waals surface area contributed by atoms with E-state index in [9.17, 15) is 24.2 Å². The van der Waals surface area contributed by atoms with Crippen LogP contribution in [0.1, 0.15) is 31.7 Å². The Labute approximate surface area is 190 Å². The molecule has 2 heterocycles. The van der Waals surface area contributed by atoms with Crippen molar-refractivity contribution in [3.8, 4) is 0 Å². The number of carbonyl (C=O) groups is 2. The minimum Gasteiger partial charge on any atom is -0.510 e. The Kier molecular flexibility index (Phi) is 7.37. The number of amides is 2. The highest BCUT2D eigenvalue weighted by Crippen LogP contribution is 2.27. The molecule has 9 nitrogen and oxygen atoms in total. The molecule has 2 aliphatic heterocycles. The lowest BCUT2D eigenvalue weighted by molar-refractivity contribution is -0.151. The van der Waals surface area contributed by atoms with Crippen molar-refractivity contribution in [3.63, 3.8) is 0 Å². The van der Waals surface area contributed by atoms with Gasteiger partial charge in [-0.1, -0.05) is 24.1 Å². The molecule has 2 saturated heterocycles. The molecule has 2 amide bonds. The predicted molar refractivity (Wildman–Crippen MR) is 116 cm³/mol. The van der Waals surface area contributed by atoms with Gasteiger partial charge in [0.1, 0.15) is 23.0 Å². The second kappa shape index (κ2) is 9.85. The van der Waals surface area contributed by atoms with Gasteiger partial charge in [0.2, 0.25) is 12.3 Å². The average Bonchev–Trinajstić information content (AvgIpc) is 2.73. The van der Waals surface area contributed by atoms with E-state index in [2.05, 4.69) is 0 Å². The minimum atomic E-state index is -1.47. The number of nitrogens with two attached hydrogens (primary N) is 1. The molecule has 3 rings (SSSR count). The third-order valence-electron chi connectivity index (χ3n) is 5.84. The van der Waals surface area contributed by atoms with Crippen molar-refractivity contribution >= 4 is 29.3 Å². The smallest absolute Gasteiger partial charge is 0.264 e. The number of hydrogen-bond acceptors (Lipinski definition) is 6. The number of aliphatic hydroxyl groups excluding tert-OH is 2. The zero-order valence-electron chi connectivity index (χ0n) is 17.7. The number of hydrogen-bond donors (Lipinski definition) is 4. The van der Waals surface area contributed by atoms with Crippen LogP contribution < -0.4 is 5.73 Å². The Morgan fingerprint density at radius 3 is 2.69 bits per heavy atom. The van der Waals surface area contributed by atoms with Crippen molar-refractivity contribution in [1.82, 2.24) is 14.7 Å². The highest BCUT2D eigenvalue weighted by Gasteiger charge is 2.41.